The van der Waals surface area contributed by atoms with Gasteiger partial charge in [-0.3, -0.25) is 14.7 Å². The predicted molar refractivity (Wildman–Crippen MR) is 158 cm³/mol. The summed E-state index contributed by atoms with van der Waals surface area (Å²) in [4.78, 5) is 31.8. The zero-order valence-corrected chi connectivity index (χ0v) is 25.4. The molecule has 1 atom stereocenters. The third-order valence-electron chi connectivity index (χ3n) is 9.20. The fourth-order valence-electron chi connectivity index (χ4n) is 7.20. The second-order valence-electron chi connectivity index (χ2n) is 12.4. The highest BCUT2D eigenvalue weighted by Crippen LogP contribution is 2.42. The molecule has 2 fully saturated rings. The number of aryl methyl sites for hydroxylation is 2. The molecular weight excluding hydrogens is 554 g/mol. The zero-order chi connectivity index (χ0) is 30.7. The number of nitrogens with zero attached hydrogens (tertiary/aromatic N) is 5. The molecule has 3 heterocycles. The van der Waals surface area contributed by atoms with Gasteiger partial charge in [0.05, 0.1) is 17.5 Å². The number of hydrogen-bond donors (Lipinski definition) is 3. The molecule has 1 unspecified atom stereocenters. The third kappa shape index (κ3) is 6.62. The van der Waals surface area contributed by atoms with E-state index in [4.69, 9.17) is 0 Å². The predicted octanol–water partition coefficient (Wildman–Crippen LogP) is 6.05. The Morgan fingerprint density at radius 3 is 2.14 bits per heavy atom. The van der Waals surface area contributed by atoms with Crippen molar-refractivity contribution in [3.63, 3.8) is 0 Å². The molecule has 3 aromatic rings. The van der Waals surface area contributed by atoms with Gasteiger partial charge in [-0.1, -0.05) is 69.4 Å². The van der Waals surface area contributed by atoms with Crippen molar-refractivity contribution in [3.8, 4) is 11.1 Å². The van der Waals surface area contributed by atoms with Crippen molar-refractivity contribution in [3.05, 3.63) is 41.1 Å². The lowest BCUT2D eigenvalue weighted by Crippen LogP contribution is -2.53. The Balaban J connectivity index is 1.49. The van der Waals surface area contributed by atoms with E-state index in [1.165, 1.54) is 10.9 Å². The Bertz CT molecular complexity index is 1380. The lowest BCUT2D eigenvalue weighted by molar-refractivity contribution is -0.121. The van der Waals surface area contributed by atoms with Gasteiger partial charge < -0.3 is 10.6 Å². The first-order valence-electron chi connectivity index (χ1n) is 15.6. The van der Waals surface area contributed by atoms with Crippen molar-refractivity contribution in [2.24, 2.45) is 17.8 Å². The number of carbonyl (C=O) groups is 2. The number of pyridine rings is 1. The van der Waals surface area contributed by atoms with Gasteiger partial charge in [-0.05, 0) is 45.4 Å². The summed E-state index contributed by atoms with van der Waals surface area (Å²) in [6, 6.07) is -0.0194. The number of aromatic amines is 1. The van der Waals surface area contributed by atoms with Crippen LogP contribution in [0.2, 0.25) is 0 Å². The minimum absolute atomic E-state index is 0.112. The maximum atomic E-state index is 15.4. The molecule has 0 aromatic carbocycles. The monoisotopic (exact) mass is 596 g/mol. The lowest BCUT2D eigenvalue weighted by Gasteiger charge is -2.41. The van der Waals surface area contributed by atoms with Gasteiger partial charge in [0.2, 0.25) is 11.9 Å². The first kappa shape index (κ1) is 30.7. The molecule has 232 valence electrons. The van der Waals surface area contributed by atoms with E-state index in [9.17, 15) is 9.59 Å². The van der Waals surface area contributed by atoms with Gasteiger partial charge in [0.15, 0.2) is 0 Å². The topological polar surface area (TPSA) is 130 Å². The van der Waals surface area contributed by atoms with Gasteiger partial charge in [0.25, 0.3) is 5.91 Å². The molecule has 0 bridgehead atoms. The van der Waals surface area contributed by atoms with E-state index in [1.54, 1.807) is 13.8 Å². The van der Waals surface area contributed by atoms with Gasteiger partial charge in [-0.25, -0.2) is 14.1 Å². The van der Waals surface area contributed by atoms with E-state index in [0.29, 0.717) is 17.0 Å². The van der Waals surface area contributed by atoms with E-state index in [1.807, 2.05) is 13.8 Å². The Morgan fingerprint density at radius 1 is 0.977 bits per heavy atom. The number of nitrogens with one attached hydrogen (secondary N) is 3. The van der Waals surface area contributed by atoms with Crippen LogP contribution in [-0.4, -0.2) is 48.0 Å². The molecule has 0 spiro atoms. The largest absolute Gasteiger partial charge is 0.339 e. The lowest BCUT2D eigenvalue weighted by atomic mass is 9.66. The molecule has 0 saturated heterocycles. The molecule has 3 aromatic heterocycles. The summed E-state index contributed by atoms with van der Waals surface area (Å²) in [5.74, 6) is -2.78. The van der Waals surface area contributed by atoms with E-state index < -0.39 is 29.6 Å². The number of amides is 2. The SMILES string of the molecule is Cc1n[nH]c(C)c1-c1c(F)cc(NC(=O)C(NC(=O)c2cnnn2C(C)C)C(C2CCCCC2)C2CCCCC2)nc1F. The molecular formula is C31H42F2N8O2. The average Bonchev–Trinajstić information content (AvgIpc) is 3.61. The Hall–Kier alpha value is -3.70. The van der Waals surface area contributed by atoms with Crippen LogP contribution in [0.4, 0.5) is 14.6 Å². The van der Waals surface area contributed by atoms with Crippen LogP contribution in [0.1, 0.15) is 106 Å². The quantitative estimate of drug-likeness (QED) is 0.258. The van der Waals surface area contributed by atoms with Gasteiger partial charge in [0, 0.05) is 23.4 Å². The van der Waals surface area contributed by atoms with Crippen molar-refractivity contribution < 1.29 is 18.4 Å². The molecule has 3 N–H and O–H groups in total. The van der Waals surface area contributed by atoms with Crippen LogP contribution in [-0.2, 0) is 4.79 Å². The Labute approximate surface area is 250 Å². The molecule has 2 saturated carbocycles. The molecule has 2 aliphatic carbocycles. The van der Waals surface area contributed by atoms with Crippen LogP contribution in [0.15, 0.2) is 12.3 Å². The van der Waals surface area contributed by atoms with Crippen molar-refractivity contribution in [1.29, 1.82) is 0 Å². The van der Waals surface area contributed by atoms with Gasteiger partial charge in [-0.2, -0.15) is 9.49 Å². The van der Waals surface area contributed by atoms with E-state index in [-0.39, 0.29) is 40.9 Å². The molecule has 2 aliphatic rings. The first-order valence-corrected chi connectivity index (χ1v) is 15.6. The van der Waals surface area contributed by atoms with Crippen LogP contribution in [0.5, 0.6) is 0 Å². The van der Waals surface area contributed by atoms with Crippen molar-refractivity contribution in [2.75, 3.05) is 5.32 Å². The van der Waals surface area contributed by atoms with Crippen molar-refractivity contribution in [2.45, 2.75) is 104 Å². The van der Waals surface area contributed by atoms with E-state index >= 15 is 8.78 Å². The van der Waals surface area contributed by atoms with Crippen LogP contribution in [0, 0.1) is 43.4 Å². The number of hydrogen-bond acceptors (Lipinski definition) is 6. The van der Waals surface area contributed by atoms with Crippen LogP contribution >= 0.6 is 0 Å². The van der Waals surface area contributed by atoms with Gasteiger partial charge in [-0.15, -0.1) is 5.10 Å². The Kier molecular flexibility index (Phi) is 9.51. The number of rotatable bonds is 9. The minimum atomic E-state index is -1.05. The number of aromatic nitrogens is 6. The molecule has 43 heavy (non-hydrogen) atoms. The van der Waals surface area contributed by atoms with E-state index in [0.717, 1.165) is 70.3 Å². The maximum absolute atomic E-state index is 15.4. The smallest absolute Gasteiger partial charge is 0.271 e. The number of halogens is 2. The second kappa shape index (κ2) is 13.3. The third-order valence-corrected chi connectivity index (χ3v) is 9.20. The first-order chi connectivity index (χ1) is 20.7. The van der Waals surface area contributed by atoms with Crippen LogP contribution in [0.3, 0.4) is 0 Å². The van der Waals surface area contributed by atoms with Gasteiger partial charge in [0.1, 0.15) is 23.4 Å². The summed E-state index contributed by atoms with van der Waals surface area (Å²) in [6.45, 7) is 7.12. The highest BCUT2D eigenvalue weighted by Gasteiger charge is 2.42. The van der Waals surface area contributed by atoms with Crippen molar-refractivity contribution >= 4 is 17.6 Å². The van der Waals surface area contributed by atoms with Crippen LogP contribution < -0.4 is 10.6 Å². The Morgan fingerprint density at radius 2 is 1.60 bits per heavy atom. The number of anilines is 1. The average molecular weight is 597 g/mol. The molecule has 12 heteroatoms. The minimum Gasteiger partial charge on any atom is -0.339 e. The highest BCUT2D eigenvalue weighted by atomic mass is 19.1. The van der Waals surface area contributed by atoms with Crippen molar-refractivity contribution in [1.82, 2.24) is 35.5 Å². The zero-order valence-electron chi connectivity index (χ0n) is 25.4. The summed E-state index contributed by atoms with van der Waals surface area (Å²) in [7, 11) is 0. The normalized spacial score (nSPS) is 17.4. The number of H-pyrrole nitrogens is 1. The van der Waals surface area contributed by atoms with Crippen LogP contribution in [0.25, 0.3) is 11.1 Å². The standard InChI is InChI=1S/C31H42F2N8O2/c1-17(2)41-23(16-34-40-41)30(42)37-28(26(20-11-7-5-8-12-20)21-13-9-6-10-14-21)31(43)36-24-15-22(32)27(29(33)35-24)25-18(3)38-39-19(25)4/h15-17,20-21,26,28H,5-14H2,1-4H3,(H,37,42)(H,38,39)(H,35,36,43). The summed E-state index contributed by atoms with van der Waals surface area (Å²) in [5.41, 5.74) is 1.20. The van der Waals surface area contributed by atoms with E-state index in [2.05, 4.69) is 36.1 Å². The summed E-state index contributed by atoms with van der Waals surface area (Å²) >= 11 is 0. The fraction of sp³-hybridized carbons (Fsp3) is 0.613. The summed E-state index contributed by atoms with van der Waals surface area (Å²) in [5, 5.41) is 20.4. The highest BCUT2D eigenvalue weighted by molar-refractivity contribution is 6.00. The molecule has 10 nitrogen and oxygen atoms in total. The molecule has 0 aliphatic heterocycles. The number of carbonyl (C=O) groups excluding carboxylic acids is 2. The summed E-state index contributed by atoms with van der Waals surface area (Å²) < 4.78 is 32.2. The molecule has 0 radical (unpaired) electrons. The molecule has 2 amide bonds. The summed E-state index contributed by atoms with van der Waals surface area (Å²) in [6.07, 6.45) is 11.9. The molecule has 5 rings (SSSR count). The fourth-order valence-corrected chi connectivity index (χ4v) is 7.20. The maximum Gasteiger partial charge on any atom is 0.271 e. The van der Waals surface area contributed by atoms with Gasteiger partial charge >= 0.3 is 0 Å². The second-order valence-corrected chi connectivity index (χ2v) is 12.4.